The monoisotopic (exact) mass is 278 g/mol. The lowest BCUT2D eigenvalue weighted by Gasteiger charge is -2.04. The van der Waals surface area contributed by atoms with Gasteiger partial charge in [0.25, 0.3) is 5.91 Å². The summed E-state index contributed by atoms with van der Waals surface area (Å²) in [6, 6.07) is 6.04. The fourth-order valence-electron chi connectivity index (χ4n) is 1.86. The Morgan fingerprint density at radius 1 is 1.47 bits per heavy atom. The lowest BCUT2D eigenvalue weighted by Crippen LogP contribution is -2.27. The first-order valence-electron chi connectivity index (χ1n) is 6.28. The predicted octanol–water partition coefficient (Wildman–Crippen LogP) is 2.56. The van der Waals surface area contributed by atoms with Crippen LogP contribution >= 0.6 is 11.3 Å². The first-order valence-corrected chi connectivity index (χ1v) is 7.09. The minimum atomic E-state index is -0.129. The first-order chi connectivity index (χ1) is 9.13. The van der Waals surface area contributed by atoms with E-state index >= 15 is 0 Å². The molecule has 2 aromatic rings. The Labute approximate surface area is 116 Å². The topological polar surface area (TPSA) is 64.3 Å². The second-order valence-electron chi connectivity index (χ2n) is 4.30. The molecule has 0 saturated carbocycles. The third kappa shape index (κ3) is 3.05. The van der Waals surface area contributed by atoms with Crippen molar-refractivity contribution >= 4 is 33.0 Å². The van der Waals surface area contributed by atoms with Crippen molar-refractivity contribution < 1.29 is 9.53 Å². The van der Waals surface area contributed by atoms with Crippen molar-refractivity contribution in [3.05, 3.63) is 28.6 Å². The van der Waals surface area contributed by atoms with E-state index in [9.17, 15) is 4.79 Å². The number of aryl methyl sites for hydroxylation is 1. The van der Waals surface area contributed by atoms with Crippen molar-refractivity contribution in [2.24, 2.45) is 0 Å². The van der Waals surface area contributed by atoms with Gasteiger partial charge in [0, 0.05) is 23.2 Å². The number of hydrogen-bond donors (Lipinski definition) is 2. The molecule has 0 radical (unpaired) electrons. The molecule has 2 rings (SSSR count). The number of carbonyl (C=O) groups excluding carboxylic acids is 1. The quantitative estimate of drug-likeness (QED) is 0.826. The highest BCUT2D eigenvalue weighted by Crippen LogP contribution is 2.33. The molecule has 0 spiro atoms. The molecule has 0 aliphatic rings. The second kappa shape index (κ2) is 6.04. The maximum Gasteiger partial charge on any atom is 0.263 e. The third-order valence-corrected chi connectivity index (χ3v) is 4.01. The molecule has 1 heterocycles. The maximum atomic E-state index is 12.0. The van der Waals surface area contributed by atoms with E-state index in [0.717, 1.165) is 15.6 Å². The molecule has 1 aromatic carbocycles. The first kappa shape index (κ1) is 13.8. The van der Waals surface area contributed by atoms with Crippen LogP contribution in [-0.2, 0) is 4.74 Å². The SMILES string of the molecule is CCOCCNC(=O)c1sc2ccc(C)cc2c1N. The van der Waals surface area contributed by atoms with Crippen molar-refractivity contribution in [2.45, 2.75) is 13.8 Å². The summed E-state index contributed by atoms with van der Waals surface area (Å²) in [6.07, 6.45) is 0. The van der Waals surface area contributed by atoms with E-state index in [4.69, 9.17) is 10.5 Å². The average Bonchev–Trinajstić information content (AvgIpc) is 2.72. The smallest absolute Gasteiger partial charge is 0.263 e. The molecule has 102 valence electrons. The Hall–Kier alpha value is -1.59. The van der Waals surface area contributed by atoms with Gasteiger partial charge in [-0.25, -0.2) is 0 Å². The second-order valence-corrected chi connectivity index (χ2v) is 5.35. The molecular weight excluding hydrogens is 260 g/mol. The van der Waals surface area contributed by atoms with Gasteiger partial charge >= 0.3 is 0 Å². The van der Waals surface area contributed by atoms with Crippen LogP contribution in [0.15, 0.2) is 18.2 Å². The molecular formula is C14H18N2O2S. The molecule has 0 aliphatic heterocycles. The van der Waals surface area contributed by atoms with Gasteiger partial charge in [-0.2, -0.15) is 0 Å². The molecule has 4 nitrogen and oxygen atoms in total. The zero-order valence-corrected chi connectivity index (χ0v) is 12.0. The molecule has 3 N–H and O–H groups in total. The molecule has 0 bridgehead atoms. The van der Waals surface area contributed by atoms with Gasteiger partial charge in [-0.05, 0) is 26.0 Å². The standard InChI is InChI=1S/C14H18N2O2S/c1-3-18-7-6-16-14(17)13-12(15)10-8-9(2)4-5-11(10)19-13/h4-5,8H,3,6-7,15H2,1-2H3,(H,16,17). The van der Waals surface area contributed by atoms with E-state index < -0.39 is 0 Å². The van der Waals surface area contributed by atoms with E-state index in [2.05, 4.69) is 5.32 Å². The van der Waals surface area contributed by atoms with Crippen LogP contribution in [0.4, 0.5) is 5.69 Å². The molecule has 1 amide bonds. The number of fused-ring (bicyclic) bond motifs is 1. The molecule has 0 aliphatic carbocycles. The van der Waals surface area contributed by atoms with Gasteiger partial charge in [-0.15, -0.1) is 11.3 Å². The van der Waals surface area contributed by atoms with Crippen molar-refractivity contribution in [3.63, 3.8) is 0 Å². The number of carbonyl (C=O) groups is 1. The summed E-state index contributed by atoms with van der Waals surface area (Å²) in [6.45, 7) is 5.61. The van der Waals surface area contributed by atoms with Crippen molar-refractivity contribution in [1.29, 1.82) is 0 Å². The molecule has 0 unspecified atom stereocenters. The van der Waals surface area contributed by atoms with Crippen LogP contribution in [0.5, 0.6) is 0 Å². The lowest BCUT2D eigenvalue weighted by atomic mass is 10.1. The number of nitrogen functional groups attached to an aromatic ring is 1. The van der Waals surface area contributed by atoms with E-state index in [1.165, 1.54) is 11.3 Å². The number of hydrogen-bond acceptors (Lipinski definition) is 4. The third-order valence-electron chi connectivity index (χ3n) is 2.82. The maximum absolute atomic E-state index is 12.0. The summed E-state index contributed by atoms with van der Waals surface area (Å²) in [7, 11) is 0. The van der Waals surface area contributed by atoms with Crippen molar-refractivity contribution in [3.8, 4) is 0 Å². The van der Waals surface area contributed by atoms with Gasteiger partial charge in [-0.1, -0.05) is 11.6 Å². The van der Waals surface area contributed by atoms with Gasteiger partial charge < -0.3 is 15.8 Å². The normalized spacial score (nSPS) is 10.8. The summed E-state index contributed by atoms with van der Waals surface area (Å²) < 4.78 is 6.22. The molecule has 19 heavy (non-hydrogen) atoms. The summed E-state index contributed by atoms with van der Waals surface area (Å²) in [5, 5.41) is 3.77. The number of thiophene rings is 1. The Balaban J connectivity index is 2.16. The number of rotatable bonds is 5. The fraction of sp³-hybridized carbons (Fsp3) is 0.357. The Kier molecular flexibility index (Phi) is 4.39. The highest BCUT2D eigenvalue weighted by atomic mass is 32.1. The molecule has 5 heteroatoms. The lowest BCUT2D eigenvalue weighted by molar-refractivity contribution is 0.0927. The Morgan fingerprint density at radius 2 is 2.26 bits per heavy atom. The highest BCUT2D eigenvalue weighted by molar-refractivity contribution is 7.21. The van der Waals surface area contributed by atoms with E-state index in [0.29, 0.717) is 30.3 Å². The van der Waals surface area contributed by atoms with Crippen LogP contribution in [0, 0.1) is 6.92 Å². The van der Waals surface area contributed by atoms with Crippen molar-refractivity contribution in [2.75, 3.05) is 25.5 Å². The highest BCUT2D eigenvalue weighted by Gasteiger charge is 2.15. The van der Waals surface area contributed by atoms with Crippen LogP contribution < -0.4 is 11.1 Å². The zero-order chi connectivity index (χ0) is 13.8. The Morgan fingerprint density at radius 3 is 3.00 bits per heavy atom. The average molecular weight is 278 g/mol. The largest absolute Gasteiger partial charge is 0.397 e. The molecule has 0 fully saturated rings. The molecule has 0 atom stereocenters. The van der Waals surface area contributed by atoms with E-state index in [-0.39, 0.29) is 5.91 Å². The number of ether oxygens (including phenoxy) is 1. The van der Waals surface area contributed by atoms with Crippen molar-refractivity contribution in [1.82, 2.24) is 5.32 Å². The zero-order valence-electron chi connectivity index (χ0n) is 11.2. The Bertz CT molecular complexity index is 592. The summed E-state index contributed by atoms with van der Waals surface area (Å²) in [5.41, 5.74) is 7.76. The van der Waals surface area contributed by atoms with Crippen LogP contribution in [0.1, 0.15) is 22.2 Å². The summed E-state index contributed by atoms with van der Waals surface area (Å²) in [4.78, 5) is 12.6. The van der Waals surface area contributed by atoms with Crippen LogP contribution in [-0.4, -0.2) is 25.7 Å². The van der Waals surface area contributed by atoms with Crippen LogP contribution in [0.25, 0.3) is 10.1 Å². The van der Waals surface area contributed by atoms with Gasteiger partial charge in [0.2, 0.25) is 0 Å². The van der Waals surface area contributed by atoms with Gasteiger partial charge in [0.15, 0.2) is 0 Å². The number of nitrogens with one attached hydrogen (secondary N) is 1. The predicted molar refractivity (Wildman–Crippen MR) is 79.8 cm³/mol. The van der Waals surface area contributed by atoms with Gasteiger partial charge in [-0.3, -0.25) is 4.79 Å². The van der Waals surface area contributed by atoms with Gasteiger partial charge in [0.1, 0.15) is 4.88 Å². The summed E-state index contributed by atoms with van der Waals surface area (Å²) >= 11 is 1.43. The van der Waals surface area contributed by atoms with Crippen LogP contribution in [0.2, 0.25) is 0 Å². The summed E-state index contributed by atoms with van der Waals surface area (Å²) in [5.74, 6) is -0.129. The number of benzene rings is 1. The number of amides is 1. The minimum absolute atomic E-state index is 0.129. The molecule has 1 aromatic heterocycles. The van der Waals surface area contributed by atoms with E-state index in [1.807, 2.05) is 32.0 Å². The minimum Gasteiger partial charge on any atom is -0.397 e. The number of anilines is 1. The number of nitrogens with two attached hydrogens (primary N) is 1. The molecule has 0 saturated heterocycles. The van der Waals surface area contributed by atoms with Crippen LogP contribution in [0.3, 0.4) is 0 Å². The van der Waals surface area contributed by atoms with E-state index in [1.54, 1.807) is 0 Å². The van der Waals surface area contributed by atoms with Gasteiger partial charge in [0.05, 0.1) is 12.3 Å². The fourth-order valence-corrected chi connectivity index (χ4v) is 2.88.